The van der Waals surface area contributed by atoms with Crippen LogP contribution >= 0.6 is 0 Å². The first-order chi connectivity index (χ1) is 44.6. The fraction of sp³-hybridized carbons (Fsp3) is 0. The Hall–Kier alpha value is -11.8. The van der Waals surface area contributed by atoms with Crippen LogP contribution in [0.4, 0.5) is 0 Å². The first kappa shape index (κ1) is 50.3. The summed E-state index contributed by atoms with van der Waals surface area (Å²) in [6, 6.07) is 116. The van der Waals surface area contributed by atoms with E-state index in [1.165, 1.54) is 120 Å². The number of benzene rings is 17. The standard InChI is InChI=1S/C88H52O2/c1-2-18-53(19-3-1)64-26-8-9-28-67(64)86-72-33-14-12-31-70(72)84(71-32-13-15-34-73(71)86)61-41-44-80-78(51-61)88-75-49-57(37-36-56(75)40-47-82(88)90-80)58-38-43-74-76(50-58)85(62-42-45-79-77(52-62)87-66-27-7-5-21-55(66)39-46-81(87)89-79)69-30-11-10-29-68(69)83(74)60-24-16-23-59(48-60)65-35-17-22-54-20-4-6-25-63(54)65/h1-52H. The molecule has 90 heavy (non-hydrogen) atoms. The van der Waals surface area contributed by atoms with Crippen molar-refractivity contribution in [3.63, 3.8) is 0 Å². The molecule has 0 atom stereocenters. The quantitative estimate of drug-likeness (QED) is 0.149. The van der Waals surface area contributed by atoms with E-state index in [2.05, 4.69) is 315 Å². The van der Waals surface area contributed by atoms with Crippen molar-refractivity contribution < 1.29 is 8.83 Å². The van der Waals surface area contributed by atoms with Crippen LogP contribution in [0.2, 0.25) is 0 Å². The normalized spacial score (nSPS) is 12.0. The Kier molecular flexibility index (Phi) is 11.1. The van der Waals surface area contributed by atoms with Gasteiger partial charge in [0.25, 0.3) is 0 Å². The fourth-order valence-corrected chi connectivity index (χ4v) is 15.2. The predicted octanol–water partition coefficient (Wildman–Crippen LogP) is 25.2. The Morgan fingerprint density at radius 2 is 0.522 bits per heavy atom. The third-order valence-electron chi connectivity index (χ3n) is 19.2. The van der Waals surface area contributed by atoms with Crippen LogP contribution in [0, 0.1) is 0 Å². The molecule has 0 aliphatic carbocycles. The van der Waals surface area contributed by atoms with Gasteiger partial charge >= 0.3 is 0 Å². The van der Waals surface area contributed by atoms with Crippen molar-refractivity contribution in [2.75, 3.05) is 0 Å². The maximum Gasteiger partial charge on any atom is 0.136 e. The van der Waals surface area contributed by atoms with E-state index in [0.717, 1.165) is 76.9 Å². The van der Waals surface area contributed by atoms with Crippen LogP contribution in [0.5, 0.6) is 0 Å². The summed E-state index contributed by atoms with van der Waals surface area (Å²) < 4.78 is 13.5. The van der Waals surface area contributed by atoms with Gasteiger partial charge in [0, 0.05) is 21.5 Å². The van der Waals surface area contributed by atoms with Crippen molar-refractivity contribution in [1.82, 2.24) is 0 Å². The lowest BCUT2D eigenvalue weighted by Gasteiger charge is -2.19. The molecule has 0 radical (unpaired) electrons. The molecule has 2 aromatic heterocycles. The molecular weight excluding hydrogens is 1090 g/mol. The fourth-order valence-electron chi connectivity index (χ4n) is 15.2. The van der Waals surface area contributed by atoms with E-state index >= 15 is 0 Å². The van der Waals surface area contributed by atoms with E-state index in [0.29, 0.717) is 0 Å². The van der Waals surface area contributed by atoms with Gasteiger partial charge in [0.1, 0.15) is 22.3 Å². The minimum Gasteiger partial charge on any atom is -0.456 e. The van der Waals surface area contributed by atoms with Crippen LogP contribution in [0.15, 0.2) is 324 Å². The monoisotopic (exact) mass is 1140 g/mol. The number of hydrogen-bond acceptors (Lipinski definition) is 2. The van der Waals surface area contributed by atoms with E-state index in [-0.39, 0.29) is 0 Å². The zero-order chi connectivity index (χ0) is 59.0. The van der Waals surface area contributed by atoms with E-state index in [1.54, 1.807) is 0 Å². The minimum absolute atomic E-state index is 0.864. The Labute approximate surface area is 518 Å². The number of rotatable bonds is 7. The molecule has 0 bridgehead atoms. The third kappa shape index (κ3) is 7.71. The average molecular weight is 1140 g/mol. The van der Waals surface area contributed by atoms with Gasteiger partial charge in [0.2, 0.25) is 0 Å². The molecule has 0 unspecified atom stereocenters. The lowest BCUT2D eigenvalue weighted by atomic mass is 9.83. The van der Waals surface area contributed by atoms with Crippen molar-refractivity contribution in [2.45, 2.75) is 0 Å². The van der Waals surface area contributed by atoms with Crippen molar-refractivity contribution >= 4 is 119 Å². The summed E-state index contributed by atoms with van der Waals surface area (Å²) in [5.74, 6) is 0. The zero-order valence-electron chi connectivity index (χ0n) is 48.8. The second-order valence-corrected chi connectivity index (χ2v) is 24.1. The molecule has 0 N–H and O–H groups in total. The molecule has 19 aromatic rings. The number of fused-ring (bicyclic) bond motifs is 15. The van der Waals surface area contributed by atoms with E-state index in [4.69, 9.17) is 8.83 Å². The molecule has 2 heterocycles. The van der Waals surface area contributed by atoms with Gasteiger partial charge in [-0.1, -0.05) is 261 Å². The molecule has 0 spiro atoms. The van der Waals surface area contributed by atoms with Gasteiger partial charge in [0.05, 0.1) is 0 Å². The Morgan fingerprint density at radius 1 is 0.156 bits per heavy atom. The molecule has 17 aromatic carbocycles. The van der Waals surface area contributed by atoms with E-state index in [1.807, 2.05) is 0 Å². The van der Waals surface area contributed by atoms with Crippen molar-refractivity contribution in [2.24, 2.45) is 0 Å². The highest BCUT2D eigenvalue weighted by Crippen LogP contribution is 2.50. The maximum atomic E-state index is 6.85. The van der Waals surface area contributed by atoms with Gasteiger partial charge < -0.3 is 8.83 Å². The van der Waals surface area contributed by atoms with Gasteiger partial charge in [-0.3, -0.25) is 0 Å². The molecule has 2 heteroatoms. The van der Waals surface area contributed by atoms with E-state index < -0.39 is 0 Å². The lowest BCUT2D eigenvalue weighted by Crippen LogP contribution is -1.92. The smallest absolute Gasteiger partial charge is 0.136 e. The molecule has 0 fully saturated rings. The third-order valence-corrected chi connectivity index (χ3v) is 19.2. The second-order valence-electron chi connectivity index (χ2n) is 24.1. The largest absolute Gasteiger partial charge is 0.456 e. The van der Waals surface area contributed by atoms with Crippen LogP contribution < -0.4 is 0 Å². The lowest BCUT2D eigenvalue weighted by molar-refractivity contribution is 0.669. The zero-order valence-corrected chi connectivity index (χ0v) is 48.8. The Balaban J connectivity index is 0.822. The van der Waals surface area contributed by atoms with Crippen LogP contribution in [-0.4, -0.2) is 0 Å². The predicted molar refractivity (Wildman–Crippen MR) is 382 cm³/mol. The van der Waals surface area contributed by atoms with Crippen LogP contribution in [0.1, 0.15) is 0 Å². The highest BCUT2D eigenvalue weighted by atomic mass is 16.3. The highest BCUT2D eigenvalue weighted by Gasteiger charge is 2.23. The SMILES string of the molecule is c1ccc(-c2ccccc2-c2c3ccccc3c(-c3ccc4oc5ccc6ccc(-c7ccc8c(-c9cccc(-c%10cccc%11ccccc%10%11)c9)c9ccccc9c(-c9ccc%10oc%11ccc%12ccccc%12c%11c%10c9)c8c7)cc6c5c4c3)c3ccccc23)cc1. The summed E-state index contributed by atoms with van der Waals surface area (Å²) in [6.07, 6.45) is 0. The van der Waals surface area contributed by atoms with Gasteiger partial charge in [-0.05, 0) is 208 Å². The molecule has 0 aliphatic heterocycles. The van der Waals surface area contributed by atoms with Crippen LogP contribution in [-0.2, 0) is 0 Å². The summed E-state index contributed by atoms with van der Waals surface area (Å²) in [5.41, 5.74) is 20.1. The number of furan rings is 2. The van der Waals surface area contributed by atoms with E-state index in [9.17, 15) is 0 Å². The summed E-state index contributed by atoms with van der Waals surface area (Å²) in [7, 11) is 0. The summed E-state index contributed by atoms with van der Waals surface area (Å²) in [4.78, 5) is 0. The summed E-state index contributed by atoms with van der Waals surface area (Å²) in [5, 5.41) is 21.3. The molecule has 0 saturated carbocycles. The summed E-state index contributed by atoms with van der Waals surface area (Å²) >= 11 is 0. The molecular formula is C88H52O2. The first-order valence-corrected chi connectivity index (χ1v) is 31.0. The highest BCUT2D eigenvalue weighted by molar-refractivity contribution is 6.27. The van der Waals surface area contributed by atoms with Crippen molar-refractivity contribution in [3.05, 3.63) is 315 Å². The molecule has 0 amide bonds. The van der Waals surface area contributed by atoms with Gasteiger partial charge in [-0.25, -0.2) is 0 Å². The Morgan fingerprint density at radius 3 is 1.16 bits per heavy atom. The molecule has 416 valence electrons. The second kappa shape index (κ2) is 19.8. The molecule has 19 rings (SSSR count). The average Bonchev–Trinajstić information content (AvgIpc) is 1.01. The van der Waals surface area contributed by atoms with Gasteiger partial charge in [0.15, 0.2) is 0 Å². The first-order valence-electron chi connectivity index (χ1n) is 31.0. The van der Waals surface area contributed by atoms with Crippen LogP contribution in [0.25, 0.3) is 197 Å². The summed E-state index contributed by atoms with van der Waals surface area (Å²) in [6.45, 7) is 0. The molecule has 0 aliphatic rings. The minimum atomic E-state index is 0.864. The van der Waals surface area contributed by atoms with Gasteiger partial charge in [-0.15, -0.1) is 0 Å². The molecule has 2 nitrogen and oxygen atoms in total. The topological polar surface area (TPSA) is 26.3 Å². The van der Waals surface area contributed by atoms with Gasteiger partial charge in [-0.2, -0.15) is 0 Å². The van der Waals surface area contributed by atoms with Crippen molar-refractivity contribution in [3.8, 4) is 77.9 Å². The maximum absolute atomic E-state index is 6.85. The number of hydrogen-bond donors (Lipinski definition) is 0. The van der Waals surface area contributed by atoms with Crippen LogP contribution in [0.3, 0.4) is 0 Å². The Bertz CT molecular complexity index is 6150. The molecule has 0 saturated heterocycles. The van der Waals surface area contributed by atoms with Crippen molar-refractivity contribution in [1.29, 1.82) is 0 Å².